The topological polar surface area (TPSA) is 32.3 Å². The molecule has 0 bridgehead atoms. The lowest BCUT2D eigenvalue weighted by Crippen LogP contribution is -2.36. The summed E-state index contributed by atoms with van der Waals surface area (Å²) in [5, 5.41) is 3.04. The maximum atomic E-state index is 12.0. The molecule has 4 heteroatoms. The average Bonchev–Trinajstić information content (AvgIpc) is 2.63. The summed E-state index contributed by atoms with van der Waals surface area (Å²) in [5.74, 6) is 0.161. The van der Waals surface area contributed by atoms with Gasteiger partial charge in [0.25, 0.3) is 0 Å². The number of aryl methyl sites for hydroxylation is 1. The summed E-state index contributed by atoms with van der Waals surface area (Å²) >= 11 is 3.50. The molecule has 1 heterocycles. The van der Waals surface area contributed by atoms with E-state index in [9.17, 15) is 4.79 Å². The van der Waals surface area contributed by atoms with Crippen LogP contribution in [0.3, 0.4) is 0 Å². The van der Waals surface area contributed by atoms with E-state index in [1.165, 1.54) is 5.56 Å². The van der Waals surface area contributed by atoms with Crippen LogP contribution in [0, 0.1) is 6.92 Å². The van der Waals surface area contributed by atoms with E-state index >= 15 is 0 Å². The van der Waals surface area contributed by atoms with E-state index in [0.29, 0.717) is 0 Å². The molecule has 0 radical (unpaired) electrons. The number of carbonyl (C=O) groups is 1. The maximum Gasteiger partial charge on any atom is 0.244 e. The third-order valence-corrected chi connectivity index (χ3v) is 3.62. The number of rotatable bonds is 2. The number of hydrogen-bond donors (Lipinski definition) is 1. The SMILES string of the molecule is CNC1CCN(c2cc(C)ccc2Br)C1=O. The average molecular weight is 283 g/mol. The van der Waals surface area contributed by atoms with E-state index in [1.54, 1.807) is 0 Å². The van der Waals surface area contributed by atoms with Crippen molar-refractivity contribution < 1.29 is 4.79 Å². The summed E-state index contributed by atoms with van der Waals surface area (Å²) in [5.41, 5.74) is 2.14. The molecule has 3 nitrogen and oxygen atoms in total. The minimum Gasteiger partial charge on any atom is -0.310 e. The molecule has 1 atom stereocenters. The Morgan fingerprint density at radius 1 is 1.50 bits per heavy atom. The Morgan fingerprint density at radius 3 is 2.88 bits per heavy atom. The first-order valence-electron chi connectivity index (χ1n) is 5.38. The van der Waals surface area contributed by atoms with E-state index in [1.807, 2.05) is 37.1 Å². The van der Waals surface area contributed by atoms with Gasteiger partial charge >= 0.3 is 0 Å². The van der Waals surface area contributed by atoms with Crippen molar-refractivity contribution in [1.82, 2.24) is 5.32 Å². The number of halogens is 1. The smallest absolute Gasteiger partial charge is 0.244 e. The van der Waals surface area contributed by atoms with Gasteiger partial charge in [-0.3, -0.25) is 4.79 Å². The molecule has 1 aromatic carbocycles. The maximum absolute atomic E-state index is 12.0. The van der Waals surface area contributed by atoms with Crippen LogP contribution in [0.4, 0.5) is 5.69 Å². The van der Waals surface area contributed by atoms with Crippen molar-refractivity contribution in [1.29, 1.82) is 0 Å². The van der Waals surface area contributed by atoms with Crippen LogP contribution in [0.2, 0.25) is 0 Å². The molecule has 16 heavy (non-hydrogen) atoms. The van der Waals surface area contributed by atoms with Crippen molar-refractivity contribution in [2.75, 3.05) is 18.5 Å². The van der Waals surface area contributed by atoms with Crippen LogP contribution < -0.4 is 10.2 Å². The number of hydrogen-bond acceptors (Lipinski definition) is 2. The highest BCUT2D eigenvalue weighted by molar-refractivity contribution is 9.10. The second-order valence-electron chi connectivity index (χ2n) is 4.07. The van der Waals surface area contributed by atoms with Crippen molar-refractivity contribution in [2.24, 2.45) is 0 Å². The molecule has 86 valence electrons. The van der Waals surface area contributed by atoms with Gasteiger partial charge in [-0.2, -0.15) is 0 Å². The fourth-order valence-electron chi connectivity index (χ4n) is 2.02. The zero-order valence-corrected chi connectivity index (χ0v) is 11.0. The molecule has 1 fully saturated rings. The third kappa shape index (κ3) is 1.99. The number of nitrogens with one attached hydrogen (secondary N) is 1. The molecule has 0 spiro atoms. The molecule has 1 aliphatic heterocycles. The summed E-state index contributed by atoms with van der Waals surface area (Å²) in [6, 6.07) is 6.03. The van der Waals surface area contributed by atoms with Gasteiger partial charge in [0, 0.05) is 11.0 Å². The molecule has 1 amide bonds. The monoisotopic (exact) mass is 282 g/mol. The van der Waals surface area contributed by atoms with Crippen LogP contribution in [0.1, 0.15) is 12.0 Å². The Labute approximate surface area is 104 Å². The van der Waals surface area contributed by atoms with Gasteiger partial charge in [-0.15, -0.1) is 0 Å². The van der Waals surface area contributed by atoms with Gasteiger partial charge in [0.1, 0.15) is 0 Å². The highest BCUT2D eigenvalue weighted by atomic mass is 79.9. The Morgan fingerprint density at radius 2 is 2.25 bits per heavy atom. The quantitative estimate of drug-likeness (QED) is 0.901. The molecule has 2 rings (SSSR count). The van der Waals surface area contributed by atoms with Gasteiger partial charge in [0.2, 0.25) is 5.91 Å². The number of likely N-dealkylation sites (N-methyl/N-ethyl adjacent to an activating group) is 1. The summed E-state index contributed by atoms with van der Waals surface area (Å²) in [4.78, 5) is 13.9. The summed E-state index contributed by atoms with van der Waals surface area (Å²) in [6.07, 6.45) is 0.871. The number of benzene rings is 1. The predicted octanol–water partition coefficient (Wildman–Crippen LogP) is 2.08. The molecule has 0 aromatic heterocycles. The number of amides is 1. The van der Waals surface area contributed by atoms with Crippen molar-refractivity contribution in [3.8, 4) is 0 Å². The van der Waals surface area contributed by atoms with Crippen LogP contribution in [-0.4, -0.2) is 25.5 Å². The first-order valence-corrected chi connectivity index (χ1v) is 6.17. The highest BCUT2D eigenvalue weighted by Gasteiger charge is 2.32. The Hall–Kier alpha value is -0.870. The van der Waals surface area contributed by atoms with Crippen LogP contribution in [-0.2, 0) is 4.79 Å². The van der Waals surface area contributed by atoms with Gasteiger partial charge in [-0.1, -0.05) is 6.07 Å². The van der Waals surface area contributed by atoms with Crippen molar-refractivity contribution in [2.45, 2.75) is 19.4 Å². The van der Waals surface area contributed by atoms with E-state index in [0.717, 1.165) is 23.1 Å². The van der Waals surface area contributed by atoms with Crippen molar-refractivity contribution in [3.05, 3.63) is 28.2 Å². The zero-order chi connectivity index (χ0) is 11.7. The lowest BCUT2D eigenvalue weighted by atomic mass is 10.2. The second-order valence-corrected chi connectivity index (χ2v) is 4.93. The highest BCUT2D eigenvalue weighted by Crippen LogP contribution is 2.30. The fraction of sp³-hybridized carbons (Fsp3) is 0.417. The van der Waals surface area contributed by atoms with Crippen LogP contribution in [0.5, 0.6) is 0 Å². The predicted molar refractivity (Wildman–Crippen MR) is 68.7 cm³/mol. The summed E-state index contributed by atoms with van der Waals surface area (Å²) in [7, 11) is 1.83. The largest absolute Gasteiger partial charge is 0.310 e. The Kier molecular flexibility index (Phi) is 3.30. The number of anilines is 1. The minimum absolute atomic E-state index is 0.0348. The van der Waals surface area contributed by atoms with Crippen molar-refractivity contribution >= 4 is 27.5 Å². The molecular weight excluding hydrogens is 268 g/mol. The second kappa shape index (κ2) is 4.55. The summed E-state index contributed by atoms with van der Waals surface area (Å²) < 4.78 is 0.975. The molecule has 1 unspecified atom stereocenters. The molecular formula is C12H15BrN2O. The van der Waals surface area contributed by atoms with Crippen LogP contribution in [0.25, 0.3) is 0 Å². The molecule has 1 N–H and O–H groups in total. The Balaban J connectivity index is 2.32. The van der Waals surface area contributed by atoms with Gasteiger partial charge in [-0.05, 0) is 54.0 Å². The van der Waals surface area contributed by atoms with E-state index < -0.39 is 0 Å². The third-order valence-electron chi connectivity index (χ3n) is 2.95. The minimum atomic E-state index is -0.0348. The van der Waals surface area contributed by atoms with Crippen LogP contribution >= 0.6 is 15.9 Å². The van der Waals surface area contributed by atoms with E-state index in [-0.39, 0.29) is 11.9 Å². The standard InChI is InChI=1S/C12H15BrN2O/c1-8-3-4-9(13)11(7-8)15-6-5-10(14-2)12(15)16/h3-4,7,10,14H,5-6H2,1-2H3. The van der Waals surface area contributed by atoms with Crippen molar-refractivity contribution in [3.63, 3.8) is 0 Å². The molecule has 1 aliphatic rings. The first-order chi connectivity index (χ1) is 7.63. The fourth-order valence-corrected chi connectivity index (χ4v) is 2.48. The summed E-state index contributed by atoms with van der Waals surface area (Å²) in [6.45, 7) is 2.82. The number of nitrogens with zero attached hydrogens (tertiary/aromatic N) is 1. The molecule has 1 aromatic rings. The zero-order valence-electron chi connectivity index (χ0n) is 9.46. The first kappa shape index (κ1) is 11.6. The number of carbonyl (C=O) groups excluding carboxylic acids is 1. The lowest BCUT2D eigenvalue weighted by Gasteiger charge is -2.18. The van der Waals surface area contributed by atoms with E-state index in [4.69, 9.17) is 0 Å². The van der Waals surface area contributed by atoms with Gasteiger partial charge < -0.3 is 10.2 Å². The Bertz CT molecular complexity index is 419. The molecule has 1 saturated heterocycles. The van der Waals surface area contributed by atoms with Gasteiger partial charge in [0.05, 0.1) is 11.7 Å². The van der Waals surface area contributed by atoms with Gasteiger partial charge in [-0.25, -0.2) is 0 Å². The normalized spacial score (nSPS) is 20.6. The lowest BCUT2D eigenvalue weighted by molar-refractivity contribution is -0.118. The van der Waals surface area contributed by atoms with Gasteiger partial charge in [0.15, 0.2) is 0 Å². The van der Waals surface area contributed by atoms with Crippen LogP contribution in [0.15, 0.2) is 22.7 Å². The molecule has 0 saturated carbocycles. The molecule has 0 aliphatic carbocycles. The van der Waals surface area contributed by atoms with E-state index in [2.05, 4.69) is 21.2 Å².